The minimum atomic E-state index is -0.463. The number of amides is 1. The molecule has 1 heterocycles. The average Bonchev–Trinajstić information content (AvgIpc) is 2.57. The van der Waals surface area contributed by atoms with Crippen molar-refractivity contribution in [2.45, 2.75) is 13.3 Å². The molecule has 1 aliphatic heterocycles. The Hall–Kier alpha value is -2.37. The summed E-state index contributed by atoms with van der Waals surface area (Å²) in [7, 11) is 0. The van der Waals surface area contributed by atoms with Gasteiger partial charge in [-0.2, -0.15) is 0 Å². The van der Waals surface area contributed by atoms with Gasteiger partial charge in [0.15, 0.2) is 5.78 Å². The maximum absolute atomic E-state index is 11.3. The molecular weight excluding hydrogens is 222 g/mol. The number of nitrogens with one attached hydrogen (secondary N) is 1. The van der Waals surface area contributed by atoms with Crippen LogP contribution in [0.1, 0.15) is 13.3 Å². The first-order valence-electron chi connectivity index (χ1n) is 4.95. The van der Waals surface area contributed by atoms with Crippen LogP contribution in [-0.4, -0.2) is 29.1 Å². The molecule has 0 fully saturated rings. The van der Waals surface area contributed by atoms with E-state index in [4.69, 9.17) is 0 Å². The van der Waals surface area contributed by atoms with Gasteiger partial charge in [0.2, 0.25) is 11.9 Å². The molecule has 0 radical (unpaired) electrons. The molecule has 0 spiro atoms. The molecule has 6 nitrogen and oxygen atoms in total. The van der Waals surface area contributed by atoms with Crippen LogP contribution in [0.2, 0.25) is 0 Å². The molecule has 0 saturated carbocycles. The second-order valence-corrected chi connectivity index (χ2v) is 3.62. The van der Waals surface area contributed by atoms with E-state index in [1.165, 1.54) is 25.2 Å². The number of fused-ring (bicyclic) bond motifs is 1. The highest BCUT2D eigenvalue weighted by atomic mass is 16.2. The lowest BCUT2D eigenvalue weighted by Gasteiger charge is -1.98. The van der Waals surface area contributed by atoms with Gasteiger partial charge in [0.05, 0.1) is 17.8 Å². The SMILES string of the molecule is CC(=O)CC(=O)NC1=NC2=CC(=O)C=CC2=N1. The van der Waals surface area contributed by atoms with Crippen molar-refractivity contribution in [1.82, 2.24) is 5.32 Å². The smallest absolute Gasteiger partial charge is 0.234 e. The van der Waals surface area contributed by atoms with Gasteiger partial charge in [0.1, 0.15) is 5.78 Å². The van der Waals surface area contributed by atoms with Crippen LogP contribution in [0.4, 0.5) is 0 Å². The highest BCUT2D eigenvalue weighted by Crippen LogP contribution is 2.14. The molecule has 6 heteroatoms. The zero-order valence-corrected chi connectivity index (χ0v) is 9.06. The first-order valence-corrected chi connectivity index (χ1v) is 4.95. The normalized spacial score (nSPS) is 17.0. The number of carbonyl (C=O) groups excluding carboxylic acids is 3. The van der Waals surface area contributed by atoms with Crippen LogP contribution in [0.5, 0.6) is 0 Å². The summed E-state index contributed by atoms with van der Waals surface area (Å²) in [5.74, 6) is -0.758. The molecule has 1 amide bonds. The van der Waals surface area contributed by atoms with E-state index in [0.29, 0.717) is 11.4 Å². The largest absolute Gasteiger partial charge is 0.299 e. The van der Waals surface area contributed by atoms with Crippen LogP contribution >= 0.6 is 0 Å². The maximum atomic E-state index is 11.3. The number of hydrogen-bond donors (Lipinski definition) is 1. The number of ketones is 2. The standard InChI is InChI=1S/C11H9N3O3/c1-6(15)4-10(17)14-11-12-8-3-2-7(16)5-9(8)13-11/h2-3,5H,4H2,1H3,(H,13,14,17). The monoisotopic (exact) mass is 231 g/mol. The quantitative estimate of drug-likeness (QED) is 0.532. The predicted molar refractivity (Wildman–Crippen MR) is 60.5 cm³/mol. The van der Waals surface area contributed by atoms with Gasteiger partial charge >= 0.3 is 0 Å². The minimum Gasteiger partial charge on any atom is -0.299 e. The highest BCUT2D eigenvalue weighted by molar-refractivity contribution is 6.26. The Balaban J connectivity index is 2.08. The third-order valence-corrected chi connectivity index (χ3v) is 2.06. The van der Waals surface area contributed by atoms with Gasteiger partial charge in [-0.1, -0.05) is 0 Å². The molecule has 0 atom stereocenters. The Morgan fingerprint density at radius 2 is 2.06 bits per heavy atom. The van der Waals surface area contributed by atoms with Gasteiger partial charge < -0.3 is 0 Å². The van der Waals surface area contributed by atoms with Crippen molar-refractivity contribution in [1.29, 1.82) is 0 Å². The Labute approximate surface area is 96.8 Å². The van der Waals surface area contributed by atoms with E-state index in [1.54, 1.807) is 0 Å². The number of carbonyl (C=O) groups is 3. The summed E-state index contributed by atoms with van der Waals surface area (Å²) < 4.78 is 0. The molecule has 1 N–H and O–H groups in total. The summed E-state index contributed by atoms with van der Waals surface area (Å²) in [4.78, 5) is 41.0. The van der Waals surface area contributed by atoms with E-state index in [0.717, 1.165) is 0 Å². The molecule has 2 rings (SSSR count). The molecule has 86 valence electrons. The fourth-order valence-electron chi connectivity index (χ4n) is 1.39. The van der Waals surface area contributed by atoms with Gasteiger partial charge in [-0.3, -0.25) is 19.7 Å². The first kappa shape index (κ1) is 11.1. The molecule has 0 unspecified atom stereocenters. The Kier molecular flexibility index (Phi) is 2.78. The van der Waals surface area contributed by atoms with Crippen molar-refractivity contribution in [3.05, 3.63) is 23.9 Å². The van der Waals surface area contributed by atoms with Crippen LogP contribution in [0.3, 0.4) is 0 Å². The van der Waals surface area contributed by atoms with Crippen LogP contribution in [0.25, 0.3) is 0 Å². The number of allylic oxidation sites excluding steroid dienone is 3. The van der Waals surface area contributed by atoms with Gasteiger partial charge in [-0.05, 0) is 19.1 Å². The lowest BCUT2D eigenvalue weighted by molar-refractivity contribution is -0.126. The number of guanidine groups is 1. The van der Waals surface area contributed by atoms with Gasteiger partial charge in [-0.15, -0.1) is 0 Å². The highest BCUT2D eigenvalue weighted by Gasteiger charge is 2.19. The minimum absolute atomic E-state index is 0.108. The van der Waals surface area contributed by atoms with Crippen LogP contribution in [0, 0.1) is 0 Å². The van der Waals surface area contributed by atoms with Crippen LogP contribution in [-0.2, 0) is 14.4 Å². The number of aliphatic imine (C=N–C) groups is 2. The third kappa shape index (κ3) is 2.60. The summed E-state index contributed by atoms with van der Waals surface area (Å²) in [5, 5.41) is 2.40. The summed E-state index contributed by atoms with van der Waals surface area (Å²) in [5.41, 5.74) is 0.957. The van der Waals surface area contributed by atoms with E-state index in [1.807, 2.05) is 0 Å². The van der Waals surface area contributed by atoms with E-state index < -0.39 is 5.91 Å². The summed E-state index contributed by atoms with van der Waals surface area (Å²) in [6.45, 7) is 1.33. The van der Waals surface area contributed by atoms with Crippen LogP contribution in [0.15, 0.2) is 33.9 Å². The molecule has 0 aromatic rings. The lowest BCUT2D eigenvalue weighted by Crippen LogP contribution is -2.29. The molecule has 2 aliphatic rings. The topological polar surface area (TPSA) is 88.0 Å². The van der Waals surface area contributed by atoms with Crippen molar-refractivity contribution >= 4 is 29.1 Å². The zero-order chi connectivity index (χ0) is 12.4. The van der Waals surface area contributed by atoms with E-state index >= 15 is 0 Å². The van der Waals surface area contributed by atoms with Crippen molar-refractivity contribution in [3.8, 4) is 0 Å². The molecular formula is C11H9N3O3. The maximum Gasteiger partial charge on any atom is 0.234 e. The summed E-state index contributed by atoms with van der Waals surface area (Å²) >= 11 is 0. The van der Waals surface area contributed by atoms with E-state index in [9.17, 15) is 14.4 Å². The molecule has 0 bridgehead atoms. The van der Waals surface area contributed by atoms with Crippen molar-refractivity contribution in [2.24, 2.45) is 9.98 Å². The molecule has 0 saturated heterocycles. The second-order valence-electron chi connectivity index (χ2n) is 3.62. The average molecular weight is 231 g/mol. The van der Waals surface area contributed by atoms with Crippen molar-refractivity contribution in [3.63, 3.8) is 0 Å². The van der Waals surface area contributed by atoms with Crippen molar-refractivity contribution < 1.29 is 14.4 Å². The molecule has 0 aromatic carbocycles. The number of hydrogen-bond acceptors (Lipinski definition) is 5. The van der Waals surface area contributed by atoms with Gasteiger partial charge in [0.25, 0.3) is 0 Å². The fraction of sp³-hybridized carbons (Fsp3) is 0.182. The number of rotatable bonds is 2. The number of nitrogens with zero attached hydrogens (tertiary/aromatic N) is 2. The summed E-state index contributed by atoms with van der Waals surface area (Å²) in [6, 6.07) is 0. The van der Waals surface area contributed by atoms with Gasteiger partial charge in [-0.25, -0.2) is 9.98 Å². The third-order valence-electron chi connectivity index (χ3n) is 2.06. The Bertz CT molecular complexity index is 538. The Morgan fingerprint density at radius 1 is 1.29 bits per heavy atom. The molecule has 0 aromatic heterocycles. The molecule has 17 heavy (non-hydrogen) atoms. The summed E-state index contributed by atoms with van der Waals surface area (Å²) in [6.07, 6.45) is 4.03. The first-order chi connectivity index (χ1) is 8.04. The number of Topliss-reactive ketones (excluding diaryl/α,β-unsaturated/α-hetero) is 1. The molecule has 1 aliphatic carbocycles. The van der Waals surface area contributed by atoms with Crippen molar-refractivity contribution in [2.75, 3.05) is 0 Å². The second kappa shape index (κ2) is 4.25. The van der Waals surface area contributed by atoms with Gasteiger partial charge in [0, 0.05) is 6.08 Å². The van der Waals surface area contributed by atoms with Crippen LogP contribution < -0.4 is 5.32 Å². The Morgan fingerprint density at radius 3 is 2.76 bits per heavy atom. The lowest BCUT2D eigenvalue weighted by atomic mass is 10.1. The van der Waals surface area contributed by atoms with E-state index in [-0.39, 0.29) is 23.9 Å². The fourth-order valence-corrected chi connectivity index (χ4v) is 1.39. The predicted octanol–water partition coefficient (Wildman–Crippen LogP) is -0.0849. The van der Waals surface area contributed by atoms with E-state index in [2.05, 4.69) is 15.3 Å². The zero-order valence-electron chi connectivity index (χ0n) is 9.06.